The van der Waals surface area contributed by atoms with Crippen LogP contribution in [0, 0.1) is 0 Å². The molecule has 1 aliphatic rings. The Kier molecular flexibility index (Phi) is 6.67. The van der Waals surface area contributed by atoms with Gasteiger partial charge < -0.3 is 40.3 Å². The number of aromatic nitrogens is 4. The monoisotopic (exact) mass is 521 g/mol. The molecule has 0 amide bonds. The van der Waals surface area contributed by atoms with E-state index in [0.717, 1.165) is 6.33 Å². The predicted molar refractivity (Wildman–Crippen MR) is 100 cm³/mol. The molecule has 3 heterocycles. The van der Waals surface area contributed by atoms with Crippen LogP contribution in [0.5, 0.6) is 0 Å². The summed E-state index contributed by atoms with van der Waals surface area (Å²) in [6, 6.07) is 0. The van der Waals surface area contributed by atoms with Crippen molar-refractivity contribution >= 4 is 40.4 Å². The third-order valence-electron chi connectivity index (χ3n) is 4.21. The summed E-state index contributed by atoms with van der Waals surface area (Å²) in [5.74, 6) is 0.0381. The van der Waals surface area contributed by atoms with Gasteiger partial charge in [-0.1, -0.05) is 0 Å². The summed E-state index contributed by atoms with van der Waals surface area (Å²) in [7, 11) is -16.7. The largest absolute Gasteiger partial charge is 0.490 e. The van der Waals surface area contributed by atoms with Crippen molar-refractivity contribution in [1.29, 1.82) is 0 Å². The van der Waals surface area contributed by atoms with E-state index in [4.69, 9.17) is 25.2 Å². The minimum absolute atomic E-state index is 0.0381. The minimum atomic E-state index is -5.71. The van der Waals surface area contributed by atoms with Gasteiger partial charge in [-0.2, -0.15) is 8.62 Å². The number of rotatable bonds is 8. The van der Waals surface area contributed by atoms with Gasteiger partial charge >= 0.3 is 23.5 Å². The number of nitrogens with zero attached hydrogens (tertiary/aromatic N) is 4. The van der Waals surface area contributed by atoms with Gasteiger partial charge in [0.25, 0.3) is 0 Å². The van der Waals surface area contributed by atoms with E-state index in [2.05, 4.69) is 28.1 Å². The smallest absolute Gasteiger partial charge is 0.387 e. The SMILES string of the molecule is C[C@@]1(O)C(O)C(COP(=O)(O)OP(=O)(O)OP(=O)(O)O)OC1n1cnc2c(N)ncnc21. The lowest BCUT2D eigenvalue weighted by atomic mass is 9.96. The molecule has 5 unspecified atom stereocenters. The molecule has 1 aliphatic heterocycles. The number of hydrogen-bond acceptors (Lipinski definition) is 13. The topological polar surface area (TPSA) is 279 Å². The lowest BCUT2D eigenvalue weighted by molar-refractivity contribution is -0.0949. The Hall–Kier alpha value is -1.36. The molecule has 0 bridgehead atoms. The molecule has 2 aromatic rings. The maximum Gasteiger partial charge on any atom is 0.490 e. The summed E-state index contributed by atoms with van der Waals surface area (Å²) >= 11 is 0. The quantitative estimate of drug-likeness (QED) is 0.200. The molecule has 0 aromatic carbocycles. The molecule has 0 spiro atoms. The lowest BCUT2D eigenvalue weighted by Gasteiger charge is -2.27. The van der Waals surface area contributed by atoms with Crippen molar-refractivity contribution in [3.05, 3.63) is 12.7 Å². The second kappa shape index (κ2) is 8.45. The number of anilines is 1. The van der Waals surface area contributed by atoms with Gasteiger partial charge in [-0.3, -0.25) is 9.09 Å². The Morgan fingerprint density at radius 3 is 2.44 bits per heavy atom. The molecule has 21 heteroatoms. The van der Waals surface area contributed by atoms with Crippen LogP contribution < -0.4 is 5.73 Å². The molecular weight excluding hydrogens is 503 g/mol. The van der Waals surface area contributed by atoms with E-state index in [0.29, 0.717) is 0 Å². The summed E-state index contributed by atoms with van der Waals surface area (Å²) in [6.45, 7) is 0.213. The molecule has 180 valence electrons. The van der Waals surface area contributed by atoms with Crippen LogP contribution in [0.3, 0.4) is 0 Å². The number of ether oxygens (including phenoxy) is 1. The fourth-order valence-corrected chi connectivity index (χ4v) is 5.92. The molecule has 0 saturated carbocycles. The van der Waals surface area contributed by atoms with Gasteiger partial charge in [-0.15, -0.1) is 0 Å². The van der Waals surface area contributed by atoms with E-state index in [1.54, 1.807) is 0 Å². The van der Waals surface area contributed by atoms with Crippen molar-refractivity contribution in [2.24, 2.45) is 0 Å². The number of nitrogens with two attached hydrogens (primary N) is 1. The highest BCUT2D eigenvalue weighted by Crippen LogP contribution is 2.66. The number of phosphoric acid groups is 3. The number of phosphoric ester groups is 1. The first-order valence-electron chi connectivity index (χ1n) is 8.30. The molecule has 1 fully saturated rings. The van der Waals surface area contributed by atoms with Crippen molar-refractivity contribution in [3.63, 3.8) is 0 Å². The van der Waals surface area contributed by atoms with Crippen LogP contribution in [0.1, 0.15) is 13.2 Å². The summed E-state index contributed by atoms with van der Waals surface area (Å²) in [5, 5.41) is 21.1. The molecule has 8 N–H and O–H groups in total. The van der Waals surface area contributed by atoms with Crippen LogP contribution in [0.2, 0.25) is 0 Å². The van der Waals surface area contributed by atoms with Gasteiger partial charge in [0.15, 0.2) is 17.7 Å². The zero-order chi connectivity index (χ0) is 24.1. The first-order chi connectivity index (χ1) is 14.5. The Morgan fingerprint density at radius 1 is 1.16 bits per heavy atom. The van der Waals surface area contributed by atoms with Gasteiger partial charge in [0, 0.05) is 0 Å². The Morgan fingerprint density at radius 2 is 1.81 bits per heavy atom. The lowest BCUT2D eigenvalue weighted by Crippen LogP contribution is -2.44. The van der Waals surface area contributed by atoms with Crippen molar-refractivity contribution in [2.75, 3.05) is 12.3 Å². The van der Waals surface area contributed by atoms with Gasteiger partial charge in [-0.05, 0) is 6.92 Å². The fraction of sp³-hybridized carbons (Fsp3) is 0.545. The third kappa shape index (κ3) is 5.40. The van der Waals surface area contributed by atoms with Gasteiger partial charge in [0.2, 0.25) is 0 Å². The van der Waals surface area contributed by atoms with Crippen LogP contribution in [-0.2, 0) is 31.6 Å². The number of hydrogen-bond donors (Lipinski definition) is 7. The molecule has 32 heavy (non-hydrogen) atoms. The molecule has 0 aliphatic carbocycles. The van der Waals surface area contributed by atoms with Gasteiger partial charge in [0.1, 0.15) is 29.7 Å². The van der Waals surface area contributed by atoms with Crippen molar-refractivity contribution in [1.82, 2.24) is 19.5 Å². The predicted octanol–water partition coefficient (Wildman–Crippen LogP) is -1.24. The van der Waals surface area contributed by atoms with Crippen molar-refractivity contribution in [3.8, 4) is 0 Å². The summed E-state index contributed by atoms with van der Waals surface area (Å²) in [4.78, 5) is 47.5. The molecular formula is C11H18N5O13P3. The second-order valence-corrected chi connectivity index (χ2v) is 11.1. The highest BCUT2D eigenvalue weighted by atomic mass is 31.3. The van der Waals surface area contributed by atoms with E-state index >= 15 is 0 Å². The Labute approximate surface area is 178 Å². The average molecular weight is 521 g/mol. The van der Waals surface area contributed by atoms with Crippen LogP contribution in [0.4, 0.5) is 5.82 Å². The standard InChI is InChI=1S/C11H18N5O13P3/c1-11(18)7(17)5(2-26-31(22,23)29-32(24,25)28-30(19,20)21)27-10(11)16-4-15-6-8(12)13-3-14-9(6)16/h3-5,7,10,17-18H,2H2,1H3,(H,22,23)(H,24,25)(H2,12,13,14)(H2,19,20,21)/t5?,7?,10?,11-/m1/s1. The highest BCUT2D eigenvalue weighted by molar-refractivity contribution is 7.66. The van der Waals surface area contributed by atoms with Gasteiger partial charge in [-0.25, -0.2) is 28.6 Å². The molecule has 3 rings (SSSR count). The second-order valence-electron chi connectivity index (χ2n) is 6.67. The number of nitrogen functional groups attached to an aromatic ring is 1. The molecule has 2 aromatic heterocycles. The number of aliphatic hydroxyl groups is 2. The normalized spacial score (nSPS) is 30.3. The van der Waals surface area contributed by atoms with E-state index in [-0.39, 0.29) is 17.0 Å². The van der Waals surface area contributed by atoms with E-state index in [1.807, 2.05) is 0 Å². The fourth-order valence-electron chi connectivity index (χ4n) is 2.89. The summed E-state index contributed by atoms with van der Waals surface area (Å²) in [6.07, 6.45) is -2.23. The van der Waals surface area contributed by atoms with E-state index < -0.39 is 54.1 Å². The van der Waals surface area contributed by atoms with Crippen LogP contribution in [-0.4, -0.2) is 73.7 Å². The highest BCUT2D eigenvalue weighted by Gasteiger charge is 2.54. The van der Waals surface area contributed by atoms with Gasteiger partial charge in [0.05, 0.1) is 12.9 Å². The summed E-state index contributed by atoms with van der Waals surface area (Å²) < 4.78 is 52.2. The maximum absolute atomic E-state index is 11.9. The molecule has 18 nitrogen and oxygen atoms in total. The van der Waals surface area contributed by atoms with Crippen LogP contribution in [0.25, 0.3) is 11.2 Å². The first kappa shape index (κ1) is 25.3. The van der Waals surface area contributed by atoms with Crippen molar-refractivity contribution in [2.45, 2.75) is 31.0 Å². The Balaban J connectivity index is 1.74. The van der Waals surface area contributed by atoms with E-state index in [1.165, 1.54) is 17.8 Å². The molecule has 0 radical (unpaired) electrons. The Bertz CT molecular complexity index is 1150. The minimum Gasteiger partial charge on any atom is -0.387 e. The third-order valence-corrected chi connectivity index (χ3v) is 8.01. The van der Waals surface area contributed by atoms with E-state index in [9.17, 15) is 28.8 Å². The first-order valence-corrected chi connectivity index (χ1v) is 12.8. The molecule has 1 saturated heterocycles. The molecule has 6 atom stereocenters. The number of aliphatic hydroxyl groups excluding tert-OH is 1. The van der Waals surface area contributed by atoms with Crippen LogP contribution in [0.15, 0.2) is 12.7 Å². The zero-order valence-corrected chi connectivity index (χ0v) is 18.5. The average Bonchev–Trinajstić information content (AvgIpc) is 3.11. The maximum atomic E-state index is 11.9. The summed E-state index contributed by atoms with van der Waals surface area (Å²) in [5.41, 5.74) is 4.00. The van der Waals surface area contributed by atoms with Crippen molar-refractivity contribution < 1.29 is 61.4 Å². The zero-order valence-electron chi connectivity index (χ0n) is 15.8. The van der Waals surface area contributed by atoms with Crippen LogP contribution >= 0.6 is 23.5 Å². The number of fused-ring (bicyclic) bond motifs is 1. The number of imidazole rings is 1.